The van der Waals surface area contributed by atoms with Gasteiger partial charge >= 0.3 is 0 Å². The topological polar surface area (TPSA) is 55.1 Å². The van der Waals surface area contributed by atoms with Crippen LogP contribution in [0, 0.1) is 5.92 Å². The van der Waals surface area contributed by atoms with E-state index in [1.165, 1.54) is 6.42 Å². The van der Waals surface area contributed by atoms with E-state index in [4.69, 9.17) is 28.9 Å². The summed E-state index contributed by atoms with van der Waals surface area (Å²) >= 11 is 14.4. The van der Waals surface area contributed by atoms with Crippen LogP contribution in [-0.2, 0) is 4.79 Å². The molecule has 0 aliphatic heterocycles. The first-order valence-corrected chi connectivity index (χ1v) is 11.6. The van der Waals surface area contributed by atoms with Crippen molar-refractivity contribution in [3.63, 3.8) is 0 Å². The largest absolute Gasteiger partial charge is 0.398 e. The Morgan fingerprint density at radius 1 is 1.11 bits per heavy atom. The van der Waals surface area contributed by atoms with Crippen LogP contribution in [0.1, 0.15) is 48.5 Å². The lowest BCUT2D eigenvalue weighted by molar-refractivity contribution is -0.125. The first kappa shape index (κ1) is 21.4. The van der Waals surface area contributed by atoms with Gasteiger partial charge in [-0.15, -0.1) is 11.8 Å². The molecule has 1 saturated carbocycles. The second-order valence-electron chi connectivity index (χ2n) is 7.17. The summed E-state index contributed by atoms with van der Waals surface area (Å²) in [4.78, 5) is 12.4. The van der Waals surface area contributed by atoms with Crippen LogP contribution in [0.3, 0.4) is 0 Å². The maximum absolute atomic E-state index is 12.4. The molecule has 0 spiro atoms. The van der Waals surface area contributed by atoms with E-state index in [0.717, 1.165) is 42.6 Å². The molecule has 1 atom stereocenters. The number of hydrogen-bond acceptors (Lipinski definition) is 3. The molecule has 1 amide bonds. The molecule has 1 aliphatic carbocycles. The van der Waals surface area contributed by atoms with Crippen molar-refractivity contribution < 1.29 is 4.79 Å². The van der Waals surface area contributed by atoms with E-state index in [1.54, 1.807) is 17.8 Å². The Hall–Kier alpha value is -1.36. The maximum atomic E-state index is 12.4. The highest BCUT2D eigenvalue weighted by molar-refractivity contribution is 7.99. The predicted molar refractivity (Wildman–Crippen MR) is 121 cm³/mol. The normalized spacial score (nSPS) is 15.9. The summed E-state index contributed by atoms with van der Waals surface area (Å²) in [6.07, 6.45) is 5.60. The standard InChI is InChI=1S/C22H26Cl2N2OS/c23-16-10-11-20(25)18(14-16)21(17-8-4-5-9-19(17)24)28-13-12-26-22(27)15-6-2-1-3-7-15/h4-5,8-11,14-15,21H,1-3,6-7,12-13,25H2,(H,26,27). The summed E-state index contributed by atoms with van der Waals surface area (Å²) in [5.41, 5.74) is 8.88. The number of hydrogen-bond donors (Lipinski definition) is 2. The molecule has 150 valence electrons. The van der Waals surface area contributed by atoms with Gasteiger partial charge in [-0.05, 0) is 48.2 Å². The van der Waals surface area contributed by atoms with Crippen LogP contribution in [0.4, 0.5) is 5.69 Å². The van der Waals surface area contributed by atoms with Crippen LogP contribution >= 0.6 is 35.0 Å². The Bertz CT molecular complexity index is 809. The van der Waals surface area contributed by atoms with Crippen molar-refractivity contribution in [3.8, 4) is 0 Å². The molecule has 0 radical (unpaired) electrons. The van der Waals surface area contributed by atoms with Crippen LogP contribution in [0.25, 0.3) is 0 Å². The first-order chi connectivity index (χ1) is 13.6. The van der Waals surface area contributed by atoms with Gasteiger partial charge in [0.25, 0.3) is 0 Å². The molecule has 28 heavy (non-hydrogen) atoms. The third-order valence-electron chi connectivity index (χ3n) is 5.18. The third kappa shape index (κ3) is 5.59. The smallest absolute Gasteiger partial charge is 0.223 e. The first-order valence-electron chi connectivity index (χ1n) is 9.75. The van der Waals surface area contributed by atoms with E-state index >= 15 is 0 Å². The summed E-state index contributed by atoms with van der Waals surface area (Å²) in [6.45, 7) is 0.626. The number of amides is 1. The van der Waals surface area contributed by atoms with Crippen molar-refractivity contribution >= 4 is 46.6 Å². The molecule has 2 aromatic rings. The molecule has 1 fully saturated rings. The molecule has 0 aromatic heterocycles. The molecule has 1 unspecified atom stereocenters. The predicted octanol–water partition coefficient (Wildman–Crippen LogP) is 6.09. The SMILES string of the molecule is Nc1ccc(Cl)cc1C(SCCNC(=O)C1CCCCC1)c1ccccc1Cl. The van der Waals surface area contributed by atoms with Crippen molar-refractivity contribution in [2.45, 2.75) is 37.4 Å². The average molecular weight is 437 g/mol. The quantitative estimate of drug-likeness (QED) is 0.407. The van der Waals surface area contributed by atoms with Crippen LogP contribution in [-0.4, -0.2) is 18.2 Å². The average Bonchev–Trinajstić information content (AvgIpc) is 2.71. The Kier molecular flexibility index (Phi) is 7.95. The Balaban J connectivity index is 1.67. The number of carbonyl (C=O) groups excluding carboxylic acids is 1. The fourth-order valence-electron chi connectivity index (χ4n) is 3.67. The van der Waals surface area contributed by atoms with Crippen molar-refractivity contribution in [1.82, 2.24) is 5.32 Å². The molecule has 0 bridgehead atoms. The van der Waals surface area contributed by atoms with Crippen LogP contribution in [0.15, 0.2) is 42.5 Å². The number of rotatable bonds is 7. The van der Waals surface area contributed by atoms with Gasteiger partial charge in [-0.1, -0.05) is 60.7 Å². The van der Waals surface area contributed by atoms with E-state index in [2.05, 4.69) is 5.32 Å². The van der Waals surface area contributed by atoms with Gasteiger partial charge in [0.05, 0.1) is 5.25 Å². The highest BCUT2D eigenvalue weighted by atomic mass is 35.5. The van der Waals surface area contributed by atoms with Gasteiger partial charge in [0.15, 0.2) is 0 Å². The fraction of sp³-hybridized carbons (Fsp3) is 0.409. The Labute approximate surface area is 181 Å². The lowest BCUT2D eigenvalue weighted by atomic mass is 9.89. The number of carbonyl (C=O) groups is 1. The van der Waals surface area contributed by atoms with Crippen molar-refractivity contribution in [2.24, 2.45) is 5.92 Å². The second kappa shape index (κ2) is 10.4. The minimum absolute atomic E-state index is 0.0426. The van der Waals surface area contributed by atoms with Gasteiger partial charge < -0.3 is 11.1 Å². The van der Waals surface area contributed by atoms with Crippen molar-refractivity contribution in [1.29, 1.82) is 0 Å². The fourth-order valence-corrected chi connectivity index (χ4v) is 5.38. The van der Waals surface area contributed by atoms with Crippen LogP contribution in [0.5, 0.6) is 0 Å². The summed E-state index contributed by atoms with van der Waals surface area (Å²) in [7, 11) is 0. The highest BCUT2D eigenvalue weighted by Crippen LogP contribution is 2.42. The number of nitrogens with one attached hydrogen (secondary N) is 1. The Morgan fingerprint density at radius 2 is 1.86 bits per heavy atom. The monoisotopic (exact) mass is 436 g/mol. The van der Waals surface area contributed by atoms with Crippen molar-refractivity contribution in [3.05, 3.63) is 63.6 Å². The lowest BCUT2D eigenvalue weighted by Gasteiger charge is -2.22. The molecule has 0 saturated heterocycles. The molecule has 1 aliphatic rings. The number of nitrogen functional groups attached to an aromatic ring is 1. The third-order valence-corrected chi connectivity index (χ3v) is 7.04. The molecular weight excluding hydrogens is 411 g/mol. The van der Waals surface area contributed by atoms with Gasteiger partial charge in [-0.3, -0.25) is 4.79 Å². The summed E-state index contributed by atoms with van der Waals surface area (Å²) in [5, 5.41) is 4.40. The maximum Gasteiger partial charge on any atom is 0.223 e. The minimum atomic E-state index is -0.0426. The molecular formula is C22H26Cl2N2OS. The lowest BCUT2D eigenvalue weighted by Crippen LogP contribution is -2.33. The van der Waals surface area contributed by atoms with E-state index in [1.807, 2.05) is 36.4 Å². The summed E-state index contributed by atoms with van der Waals surface area (Å²) in [5.74, 6) is 1.14. The van der Waals surface area contributed by atoms with Gasteiger partial charge in [0.2, 0.25) is 5.91 Å². The second-order valence-corrected chi connectivity index (χ2v) is 9.23. The number of nitrogens with two attached hydrogens (primary N) is 1. The van der Waals surface area contributed by atoms with E-state index in [-0.39, 0.29) is 17.1 Å². The molecule has 3 N–H and O–H groups in total. The number of halogens is 2. The van der Waals surface area contributed by atoms with Crippen molar-refractivity contribution in [2.75, 3.05) is 18.0 Å². The molecule has 0 heterocycles. The number of anilines is 1. The Morgan fingerprint density at radius 3 is 2.61 bits per heavy atom. The van der Waals surface area contributed by atoms with Gasteiger partial charge in [0, 0.05) is 33.9 Å². The minimum Gasteiger partial charge on any atom is -0.398 e. The summed E-state index contributed by atoms with van der Waals surface area (Å²) < 4.78 is 0. The van der Waals surface area contributed by atoms with Crippen LogP contribution < -0.4 is 11.1 Å². The van der Waals surface area contributed by atoms with Gasteiger partial charge in [-0.2, -0.15) is 0 Å². The highest BCUT2D eigenvalue weighted by Gasteiger charge is 2.22. The zero-order chi connectivity index (χ0) is 19.9. The van der Waals surface area contributed by atoms with Crippen LogP contribution in [0.2, 0.25) is 10.0 Å². The molecule has 3 rings (SSSR count). The summed E-state index contributed by atoms with van der Waals surface area (Å²) in [6, 6.07) is 13.3. The number of benzene rings is 2. The number of thioether (sulfide) groups is 1. The molecule has 3 nitrogen and oxygen atoms in total. The molecule has 6 heteroatoms. The van der Waals surface area contributed by atoms with Gasteiger partial charge in [-0.25, -0.2) is 0 Å². The van der Waals surface area contributed by atoms with E-state index in [9.17, 15) is 4.79 Å². The van der Waals surface area contributed by atoms with E-state index < -0.39 is 0 Å². The van der Waals surface area contributed by atoms with Gasteiger partial charge in [0.1, 0.15) is 0 Å². The van der Waals surface area contributed by atoms with E-state index in [0.29, 0.717) is 22.3 Å². The zero-order valence-electron chi connectivity index (χ0n) is 15.8. The molecule has 2 aromatic carbocycles. The zero-order valence-corrected chi connectivity index (χ0v) is 18.1.